The van der Waals surface area contributed by atoms with Crippen LogP contribution in [0.3, 0.4) is 0 Å². The zero-order valence-electron chi connectivity index (χ0n) is 20.8. The van der Waals surface area contributed by atoms with Crippen molar-refractivity contribution in [3.8, 4) is 17.2 Å². The average molecular weight is 482 g/mol. The monoisotopic (exact) mass is 481 g/mol. The lowest BCUT2D eigenvalue weighted by Crippen LogP contribution is -2.48. The highest BCUT2D eigenvalue weighted by Crippen LogP contribution is 2.29. The maximum absolute atomic E-state index is 11.2. The third kappa shape index (κ3) is 6.97. The molecule has 0 radical (unpaired) electrons. The van der Waals surface area contributed by atoms with Crippen molar-refractivity contribution < 1.29 is 24.1 Å². The summed E-state index contributed by atoms with van der Waals surface area (Å²) in [4.78, 5) is 6.42. The molecular weight excluding hydrogens is 446 g/mol. The van der Waals surface area contributed by atoms with Crippen molar-refractivity contribution in [3.63, 3.8) is 0 Å². The summed E-state index contributed by atoms with van der Waals surface area (Å²) >= 11 is 0. The first-order chi connectivity index (χ1) is 16.9. The molecule has 1 saturated heterocycles. The van der Waals surface area contributed by atoms with E-state index in [9.17, 15) is 5.11 Å². The largest absolute Gasteiger partial charge is 0.493 e. The van der Waals surface area contributed by atoms with Gasteiger partial charge in [-0.1, -0.05) is 18.2 Å². The molecule has 1 aliphatic rings. The van der Waals surface area contributed by atoms with Crippen LogP contribution in [-0.2, 0) is 17.8 Å². The van der Waals surface area contributed by atoms with Gasteiger partial charge < -0.3 is 28.6 Å². The number of aromatic nitrogens is 2. The normalized spacial score (nSPS) is 18.7. The molecule has 2 aromatic carbocycles. The molecule has 4 rings (SSSR count). The zero-order valence-corrected chi connectivity index (χ0v) is 20.8. The van der Waals surface area contributed by atoms with E-state index in [0.717, 1.165) is 29.2 Å². The molecule has 1 N–H and O–H groups in total. The number of nitrogens with zero attached hydrogens (tertiary/aromatic N) is 3. The Labute approximate surface area is 207 Å². The summed E-state index contributed by atoms with van der Waals surface area (Å²) in [5.41, 5.74) is 1.09. The lowest BCUT2D eigenvalue weighted by Gasteiger charge is -2.30. The number of aliphatic hydroxyl groups is 1. The molecule has 188 valence electrons. The number of benzene rings is 2. The fraction of sp³-hybridized carbons (Fsp3) is 0.444. The molecule has 1 aromatic heterocycles. The molecule has 0 bridgehead atoms. The molecule has 35 heavy (non-hydrogen) atoms. The van der Waals surface area contributed by atoms with Gasteiger partial charge in [0.15, 0.2) is 11.5 Å². The quantitative estimate of drug-likeness (QED) is 0.476. The second kappa shape index (κ2) is 11.6. The fourth-order valence-electron chi connectivity index (χ4n) is 4.22. The first-order valence-corrected chi connectivity index (χ1v) is 11.9. The standard InChI is InChI=1S/C27H35N3O5/c1-21-5-4-6-24(15-21)35-20-27(31)18-29(11-13-33-19-27)17-23-7-8-25(26(16-23)32-3)34-14-12-30-10-9-28-22(30)2/h4-10,15-16,31H,11-14,17-20H2,1-3H3. The summed E-state index contributed by atoms with van der Waals surface area (Å²) in [7, 11) is 1.65. The Hall–Kier alpha value is -3.07. The number of β-amino-alcohol motifs (C(OH)–C–C–N with tert-alkyl or cyclic N) is 1. The van der Waals surface area contributed by atoms with Crippen molar-refractivity contribution in [2.45, 2.75) is 32.5 Å². The predicted octanol–water partition coefficient (Wildman–Crippen LogP) is 3.23. The minimum Gasteiger partial charge on any atom is -0.493 e. The summed E-state index contributed by atoms with van der Waals surface area (Å²) in [5.74, 6) is 3.10. The molecule has 0 saturated carbocycles. The van der Waals surface area contributed by atoms with E-state index >= 15 is 0 Å². The second-order valence-corrected chi connectivity index (χ2v) is 9.09. The predicted molar refractivity (Wildman–Crippen MR) is 133 cm³/mol. The summed E-state index contributed by atoms with van der Waals surface area (Å²) in [6, 6.07) is 13.8. The number of aryl methyl sites for hydroxylation is 2. The summed E-state index contributed by atoms with van der Waals surface area (Å²) in [6.45, 7) is 8.00. The first kappa shape index (κ1) is 25.0. The highest BCUT2D eigenvalue weighted by atomic mass is 16.5. The molecule has 0 spiro atoms. The van der Waals surface area contributed by atoms with Crippen LogP contribution in [0.4, 0.5) is 0 Å². The van der Waals surface area contributed by atoms with Crippen LogP contribution in [0.5, 0.6) is 17.2 Å². The molecule has 3 aromatic rings. The Morgan fingerprint density at radius 2 is 2.00 bits per heavy atom. The molecule has 8 heteroatoms. The van der Waals surface area contributed by atoms with Crippen LogP contribution in [0, 0.1) is 13.8 Å². The highest BCUT2D eigenvalue weighted by molar-refractivity contribution is 5.43. The van der Waals surface area contributed by atoms with Crippen LogP contribution in [0.1, 0.15) is 17.0 Å². The lowest BCUT2D eigenvalue weighted by molar-refractivity contribution is -0.0646. The minimum absolute atomic E-state index is 0.166. The average Bonchev–Trinajstić information content (AvgIpc) is 3.16. The summed E-state index contributed by atoms with van der Waals surface area (Å²) in [6.07, 6.45) is 3.73. The van der Waals surface area contributed by atoms with Crippen LogP contribution < -0.4 is 14.2 Å². The van der Waals surface area contributed by atoms with Gasteiger partial charge in [0.25, 0.3) is 0 Å². The maximum atomic E-state index is 11.2. The van der Waals surface area contributed by atoms with Crippen LogP contribution in [0.25, 0.3) is 0 Å². The Morgan fingerprint density at radius 3 is 2.77 bits per heavy atom. The molecule has 1 atom stereocenters. The summed E-state index contributed by atoms with van der Waals surface area (Å²) in [5, 5.41) is 11.2. The number of imidazole rings is 1. The van der Waals surface area contributed by atoms with Gasteiger partial charge in [-0.25, -0.2) is 4.98 Å². The lowest BCUT2D eigenvalue weighted by atomic mass is 10.1. The van der Waals surface area contributed by atoms with E-state index in [1.54, 1.807) is 13.3 Å². The van der Waals surface area contributed by atoms with Gasteiger partial charge in [-0.05, 0) is 49.2 Å². The first-order valence-electron chi connectivity index (χ1n) is 11.9. The van der Waals surface area contributed by atoms with Crippen LogP contribution in [0.2, 0.25) is 0 Å². The Balaban J connectivity index is 1.35. The third-order valence-electron chi connectivity index (χ3n) is 6.09. The van der Waals surface area contributed by atoms with Crippen molar-refractivity contribution in [3.05, 3.63) is 71.8 Å². The summed E-state index contributed by atoms with van der Waals surface area (Å²) < 4.78 is 25.2. The Kier molecular flexibility index (Phi) is 8.28. The third-order valence-corrected chi connectivity index (χ3v) is 6.09. The second-order valence-electron chi connectivity index (χ2n) is 9.09. The van der Waals surface area contributed by atoms with Crippen molar-refractivity contribution in [2.75, 3.05) is 46.6 Å². The van der Waals surface area contributed by atoms with Gasteiger partial charge >= 0.3 is 0 Å². The SMILES string of the molecule is COc1cc(CN2CCOCC(O)(COc3cccc(C)c3)C2)ccc1OCCn1ccnc1C. The van der Waals surface area contributed by atoms with E-state index in [1.165, 1.54) is 0 Å². The van der Waals surface area contributed by atoms with Gasteiger partial charge in [-0.2, -0.15) is 0 Å². The molecule has 0 amide bonds. The topological polar surface area (TPSA) is 78.2 Å². The van der Waals surface area contributed by atoms with E-state index in [0.29, 0.717) is 44.3 Å². The molecule has 1 unspecified atom stereocenters. The smallest absolute Gasteiger partial charge is 0.161 e. The van der Waals surface area contributed by atoms with Crippen molar-refractivity contribution in [1.29, 1.82) is 0 Å². The van der Waals surface area contributed by atoms with Gasteiger partial charge in [-0.3, -0.25) is 4.90 Å². The van der Waals surface area contributed by atoms with E-state index in [4.69, 9.17) is 18.9 Å². The molecule has 8 nitrogen and oxygen atoms in total. The van der Waals surface area contributed by atoms with Crippen LogP contribution in [-0.4, -0.2) is 71.8 Å². The van der Waals surface area contributed by atoms with E-state index in [2.05, 4.69) is 9.88 Å². The van der Waals surface area contributed by atoms with Gasteiger partial charge in [0.2, 0.25) is 0 Å². The number of hydrogen-bond acceptors (Lipinski definition) is 7. The van der Waals surface area contributed by atoms with Gasteiger partial charge in [-0.15, -0.1) is 0 Å². The fourth-order valence-corrected chi connectivity index (χ4v) is 4.22. The number of hydrogen-bond donors (Lipinski definition) is 1. The number of ether oxygens (including phenoxy) is 4. The Bertz CT molecular complexity index is 1100. The van der Waals surface area contributed by atoms with Gasteiger partial charge in [0, 0.05) is 32.0 Å². The van der Waals surface area contributed by atoms with Gasteiger partial charge in [0.1, 0.15) is 30.4 Å². The van der Waals surface area contributed by atoms with Crippen molar-refractivity contribution in [1.82, 2.24) is 14.5 Å². The van der Waals surface area contributed by atoms with Crippen molar-refractivity contribution in [2.24, 2.45) is 0 Å². The van der Waals surface area contributed by atoms with Crippen LogP contribution in [0.15, 0.2) is 54.9 Å². The van der Waals surface area contributed by atoms with Crippen molar-refractivity contribution >= 4 is 0 Å². The maximum Gasteiger partial charge on any atom is 0.161 e. The molecular formula is C27H35N3O5. The minimum atomic E-state index is -1.10. The van der Waals surface area contributed by atoms with E-state index < -0.39 is 5.60 Å². The molecule has 0 aliphatic carbocycles. The molecule has 1 aliphatic heterocycles. The highest BCUT2D eigenvalue weighted by Gasteiger charge is 2.33. The van der Waals surface area contributed by atoms with E-state index in [-0.39, 0.29) is 13.2 Å². The number of rotatable bonds is 10. The van der Waals surface area contributed by atoms with Gasteiger partial charge in [0.05, 0.1) is 26.9 Å². The zero-order chi connectivity index (χ0) is 24.7. The Morgan fingerprint density at radius 1 is 1.11 bits per heavy atom. The molecule has 2 heterocycles. The molecule has 1 fully saturated rings. The van der Waals surface area contributed by atoms with Crippen LogP contribution >= 0.6 is 0 Å². The van der Waals surface area contributed by atoms with E-state index in [1.807, 2.05) is 67.1 Å². The number of methoxy groups -OCH3 is 1.